The predicted molar refractivity (Wildman–Crippen MR) is 207 cm³/mol. The second-order valence-electron chi connectivity index (χ2n) is 15.1. The van der Waals surface area contributed by atoms with Crippen LogP contribution < -0.4 is 5.73 Å². The quantitative estimate of drug-likeness (QED) is 0.130. The number of rotatable bonds is 4. The summed E-state index contributed by atoms with van der Waals surface area (Å²) in [5, 5.41) is 13.1. The number of hydrogen-bond acceptors (Lipinski definition) is 17. The van der Waals surface area contributed by atoms with Gasteiger partial charge in [0, 0.05) is 6.20 Å². The van der Waals surface area contributed by atoms with Gasteiger partial charge in [0.2, 0.25) is 0 Å². The van der Waals surface area contributed by atoms with Crippen LogP contribution in [-0.4, -0.2) is 113 Å². The summed E-state index contributed by atoms with van der Waals surface area (Å²) < 4.78 is 47.7. The van der Waals surface area contributed by atoms with Gasteiger partial charge in [-0.1, -0.05) is 20.8 Å². The maximum absolute atomic E-state index is 11.7. The maximum atomic E-state index is 11.7. The van der Waals surface area contributed by atoms with Gasteiger partial charge in [0.25, 0.3) is 0 Å². The lowest BCUT2D eigenvalue weighted by molar-refractivity contribution is -0.0604. The number of nitrogens with two attached hydrogens (primary N) is 1. The molecule has 4 aliphatic heterocycles. The normalized spacial score (nSPS) is 35.3. The molecular formula is C30H42N8O10P2S3Si. The number of anilines is 1. The number of hydrogen-bond donors (Lipinski definition) is 4. The summed E-state index contributed by atoms with van der Waals surface area (Å²) in [7, 11) is -2.59. The van der Waals surface area contributed by atoms with Gasteiger partial charge in [0.15, 0.2) is 32.2 Å². The number of aromatic nitrogens is 7. The topological polar surface area (TPSA) is 226 Å². The van der Waals surface area contributed by atoms with Crippen molar-refractivity contribution in [3.8, 4) is 0 Å². The van der Waals surface area contributed by atoms with Crippen molar-refractivity contribution in [1.29, 1.82) is 0 Å². The lowest BCUT2D eigenvalue weighted by Gasteiger charge is -2.41. The number of fused-ring (bicyclic) bond motifs is 4. The fourth-order valence-corrected chi connectivity index (χ4v) is 12.0. The first-order chi connectivity index (χ1) is 25.4. The molecule has 4 aliphatic rings. The highest BCUT2D eigenvalue weighted by Crippen LogP contribution is 2.55. The molecule has 4 aromatic heterocycles. The van der Waals surface area contributed by atoms with Crippen LogP contribution in [0.15, 0.2) is 30.2 Å². The molecule has 2 unspecified atom stereocenters. The van der Waals surface area contributed by atoms with Crippen LogP contribution in [0.4, 0.5) is 5.82 Å². The molecule has 24 heteroatoms. The van der Waals surface area contributed by atoms with Crippen molar-refractivity contribution in [2.24, 2.45) is 0 Å². The number of imidazole rings is 1. The van der Waals surface area contributed by atoms with E-state index in [2.05, 4.69) is 58.8 Å². The highest BCUT2D eigenvalue weighted by Gasteiger charge is 2.55. The summed E-state index contributed by atoms with van der Waals surface area (Å²) >= 11 is 12.8. The van der Waals surface area contributed by atoms with E-state index in [9.17, 15) is 14.9 Å². The Balaban J connectivity index is 1.17. The zero-order chi connectivity index (χ0) is 38.4. The molecular weight excluding hydrogens is 819 g/mol. The van der Waals surface area contributed by atoms with Crippen molar-refractivity contribution in [3.05, 3.63) is 30.7 Å². The first-order valence-corrected chi connectivity index (χ1v) is 26.4. The van der Waals surface area contributed by atoms with Gasteiger partial charge in [0.05, 0.1) is 24.9 Å². The first-order valence-electron chi connectivity index (χ1n) is 17.3. The zero-order valence-electron chi connectivity index (χ0n) is 30.0. The van der Waals surface area contributed by atoms with E-state index < -0.39 is 77.4 Å². The van der Waals surface area contributed by atoms with Crippen molar-refractivity contribution in [1.82, 2.24) is 34.1 Å². The fraction of sp³-hybridized carbons (Fsp3) is 0.633. The number of ether oxygens (including phenoxy) is 2. The van der Waals surface area contributed by atoms with Crippen molar-refractivity contribution < 1.29 is 46.9 Å². The smallest absolute Gasteiger partial charge is 0.325 e. The lowest BCUT2D eigenvalue weighted by atomic mass is 10.1. The van der Waals surface area contributed by atoms with E-state index in [1.807, 2.05) is 10.8 Å². The Morgan fingerprint density at radius 2 is 1.59 bits per heavy atom. The van der Waals surface area contributed by atoms with Crippen LogP contribution in [0.2, 0.25) is 18.1 Å². The van der Waals surface area contributed by atoms with Crippen LogP contribution >= 0.6 is 25.2 Å². The number of nitrogens with zero attached hydrogens (tertiary/aromatic N) is 7. The highest BCUT2D eigenvalue weighted by atomic mass is 32.5. The van der Waals surface area contributed by atoms with Gasteiger partial charge in [0.1, 0.15) is 65.5 Å². The molecule has 2 bridgehead atoms. The largest absolute Gasteiger partial charge is 0.407 e. The third kappa shape index (κ3) is 7.25. The van der Waals surface area contributed by atoms with Gasteiger partial charge in [-0.25, -0.2) is 24.9 Å². The van der Waals surface area contributed by atoms with Crippen LogP contribution in [-0.2, 0) is 62.0 Å². The standard InChI is InChI=1S/C30H42N8O10P2S3Si/c1-30(2,3)54(4,5)48-23-21-17(45-29(23)37-9-15-7-6-8-53-27-18(15)25(37)33-13-35-27)11-43-50(41,52)47-22-20(39)16(10-42-49(40,51)46-21)44-28(22)38-14-36-19-24(31)32-12-34-26(19)38/h9,12-14,16-17,20-23,28-29,39H,6-8,10-11H2,1-5H3,(H,40,51)(H,41,52)(H2,31,32,34)/t16-,17-,20-,21-,22-,23-,28-,29-,49?,50?/m1/s1. The monoisotopic (exact) mass is 860 g/mol. The zero-order valence-corrected chi connectivity index (χ0v) is 35.2. The van der Waals surface area contributed by atoms with Gasteiger partial charge in [-0.15, -0.1) is 11.8 Å². The fourth-order valence-electron chi connectivity index (χ4n) is 6.84. The van der Waals surface area contributed by atoms with Gasteiger partial charge < -0.3 is 48.1 Å². The van der Waals surface area contributed by atoms with E-state index in [4.69, 9.17) is 61.3 Å². The predicted octanol–water partition coefficient (Wildman–Crippen LogP) is 3.69. The van der Waals surface area contributed by atoms with Crippen LogP contribution in [0.5, 0.6) is 0 Å². The molecule has 18 nitrogen and oxygen atoms in total. The maximum Gasteiger partial charge on any atom is 0.325 e. The molecule has 3 fully saturated rings. The van der Waals surface area contributed by atoms with Gasteiger partial charge in [-0.3, -0.25) is 13.6 Å². The number of aryl methyl sites for hydroxylation is 1. The summed E-state index contributed by atoms with van der Waals surface area (Å²) in [4.78, 5) is 45.0. The Kier molecular flexibility index (Phi) is 10.4. The summed E-state index contributed by atoms with van der Waals surface area (Å²) in [6.45, 7) is 1.48. The average Bonchev–Trinajstić information content (AvgIpc) is 3.80. The average molecular weight is 861 g/mol. The minimum atomic E-state index is -4.16. The third-order valence-electron chi connectivity index (χ3n) is 10.6. The molecule has 0 aliphatic carbocycles. The van der Waals surface area contributed by atoms with E-state index in [1.165, 1.54) is 23.5 Å². The third-order valence-corrected chi connectivity index (χ3v) is 19.2. The highest BCUT2D eigenvalue weighted by molar-refractivity contribution is 8.07. The van der Waals surface area contributed by atoms with E-state index in [1.54, 1.807) is 11.8 Å². The van der Waals surface area contributed by atoms with Gasteiger partial charge in [-0.2, -0.15) is 0 Å². The Morgan fingerprint density at radius 1 is 0.926 bits per heavy atom. The lowest BCUT2D eigenvalue weighted by Crippen LogP contribution is -2.49. The number of aliphatic hydroxyl groups excluding tert-OH is 1. The van der Waals surface area contributed by atoms with Crippen molar-refractivity contribution in [2.75, 3.05) is 24.7 Å². The Bertz CT molecular complexity index is 2180. The summed E-state index contributed by atoms with van der Waals surface area (Å²) in [6, 6.07) is 0. The molecule has 0 saturated carbocycles. The SMILES string of the molecule is CC(C)(C)[Si](C)(C)O[C@@H]1[C@@H]2OP(O)(=S)OC[C@H]3O[C@@H](n4cnc5c(N)ncnc54)[C@H](OP(O)(=S)OC[C@H]2O[C@H]1n1cc2c4c(ncnc41)SCCC2)[C@@H]3O. The van der Waals surface area contributed by atoms with E-state index >= 15 is 0 Å². The van der Waals surface area contributed by atoms with Crippen LogP contribution in [0.25, 0.3) is 22.2 Å². The molecule has 0 amide bonds. The number of nitrogen functional groups attached to an aromatic ring is 1. The molecule has 4 aromatic rings. The molecule has 5 N–H and O–H groups in total. The van der Waals surface area contributed by atoms with Crippen LogP contribution in [0.3, 0.4) is 0 Å². The molecule has 0 spiro atoms. The van der Waals surface area contributed by atoms with Crippen molar-refractivity contribution in [3.63, 3.8) is 0 Å². The molecule has 54 heavy (non-hydrogen) atoms. The van der Waals surface area contributed by atoms with Crippen molar-refractivity contribution >= 4 is 85.1 Å². The molecule has 3 saturated heterocycles. The summed E-state index contributed by atoms with van der Waals surface area (Å²) in [5.74, 6) is 1.07. The van der Waals surface area contributed by atoms with Crippen molar-refractivity contribution in [2.45, 2.75) is 106 Å². The van der Waals surface area contributed by atoms with Gasteiger partial charge >= 0.3 is 13.4 Å². The Hall–Kier alpha value is -1.56. The first kappa shape index (κ1) is 39.3. The molecule has 10 atom stereocenters. The Labute approximate surface area is 326 Å². The molecule has 8 heterocycles. The Morgan fingerprint density at radius 3 is 2.33 bits per heavy atom. The van der Waals surface area contributed by atoms with Crippen LogP contribution in [0.1, 0.15) is 45.2 Å². The van der Waals surface area contributed by atoms with E-state index in [0.29, 0.717) is 5.65 Å². The number of aliphatic hydroxyl groups is 1. The molecule has 0 radical (unpaired) electrons. The summed E-state index contributed by atoms with van der Waals surface area (Å²) in [6.07, 6.45) is -0.802. The minimum absolute atomic E-state index is 0.130. The molecule has 294 valence electrons. The minimum Gasteiger partial charge on any atom is -0.407 e. The molecule has 8 rings (SSSR count). The second-order valence-corrected chi connectivity index (χ2v) is 26.5. The van der Waals surface area contributed by atoms with E-state index in [0.717, 1.165) is 34.6 Å². The van der Waals surface area contributed by atoms with E-state index in [-0.39, 0.29) is 28.6 Å². The molecule has 0 aromatic carbocycles. The number of thioether (sulfide) groups is 1. The summed E-state index contributed by atoms with van der Waals surface area (Å²) in [5.41, 5.74) is 8.32. The van der Waals surface area contributed by atoms with Crippen LogP contribution in [0, 0.1) is 0 Å². The second kappa shape index (κ2) is 14.4. The van der Waals surface area contributed by atoms with Gasteiger partial charge in [-0.05, 0) is 65.9 Å².